The van der Waals surface area contributed by atoms with Gasteiger partial charge in [0.15, 0.2) is 0 Å². The van der Waals surface area contributed by atoms with Crippen LogP contribution in [-0.4, -0.2) is 5.97 Å². The minimum absolute atomic E-state index is 0.0439. The Kier molecular flexibility index (Phi) is 11.4. The SMILES string of the molecule is CCCCCCCCC(C)(CCCCCC)C(=O)Oc1cc(C)cc(C)c1. The third-order valence-corrected chi connectivity index (χ3v) is 5.56. The van der Waals surface area contributed by atoms with E-state index in [-0.39, 0.29) is 11.4 Å². The first-order chi connectivity index (χ1) is 12.9. The number of benzene rings is 1. The van der Waals surface area contributed by atoms with Gasteiger partial charge < -0.3 is 4.74 Å². The van der Waals surface area contributed by atoms with Gasteiger partial charge in [-0.05, 0) is 56.9 Å². The van der Waals surface area contributed by atoms with E-state index in [2.05, 4.69) is 26.8 Å². The van der Waals surface area contributed by atoms with Gasteiger partial charge in [0.05, 0.1) is 5.41 Å². The third kappa shape index (κ3) is 9.44. The highest BCUT2D eigenvalue weighted by atomic mass is 16.5. The number of hydrogen-bond acceptors (Lipinski definition) is 2. The van der Waals surface area contributed by atoms with Gasteiger partial charge in [0.1, 0.15) is 5.75 Å². The van der Waals surface area contributed by atoms with E-state index in [1.165, 1.54) is 51.4 Å². The van der Waals surface area contributed by atoms with Crippen molar-refractivity contribution in [3.8, 4) is 5.75 Å². The minimum Gasteiger partial charge on any atom is -0.426 e. The molecule has 0 bridgehead atoms. The monoisotopic (exact) mass is 374 g/mol. The molecule has 0 aromatic heterocycles. The van der Waals surface area contributed by atoms with Crippen molar-refractivity contribution >= 4 is 5.97 Å². The summed E-state index contributed by atoms with van der Waals surface area (Å²) in [6.45, 7) is 10.7. The second kappa shape index (κ2) is 13.0. The van der Waals surface area contributed by atoms with Gasteiger partial charge in [-0.25, -0.2) is 0 Å². The first kappa shape index (κ1) is 23.7. The summed E-state index contributed by atoms with van der Waals surface area (Å²) in [5.74, 6) is 0.651. The highest BCUT2D eigenvalue weighted by Crippen LogP contribution is 2.34. The van der Waals surface area contributed by atoms with Crippen molar-refractivity contribution in [2.45, 2.75) is 112 Å². The van der Waals surface area contributed by atoms with Gasteiger partial charge >= 0.3 is 5.97 Å². The van der Waals surface area contributed by atoms with E-state index < -0.39 is 0 Å². The number of rotatable bonds is 14. The van der Waals surface area contributed by atoms with Crippen LogP contribution in [0.5, 0.6) is 5.75 Å². The maximum Gasteiger partial charge on any atom is 0.317 e. The lowest BCUT2D eigenvalue weighted by Gasteiger charge is -2.27. The minimum atomic E-state index is -0.365. The van der Waals surface area contributed by atoms with Gasteiger partial charge in [-0.1, -0.05) is 84.1 Å². The fourth-order valence-electron chi connectivity index (χ4n) is 3.79. The van der Waals surface area contributed by atoms with E-state index in [4.69, 9.17) is 4.74 Å². The highest BCUT2D eigenvalue weighted by molar-refractivity contribution is 5.78. The van der Waals surface area contributed by atoms with Crippen molar-refractivity contribution < 1.29 is 9.53 Å². The Morgan fingerprint density at radius 3 is 1.74 bits per heavy atom. The van der Waals surface area contributed by atoms with E-state index in [0.717, 1.165) is 36.8 Å². The maximum absolute atomic E-state index is 13.1. The second-order valence-corrected chi connectivity index (χ2v) is 8.60. The zero-order valence-corrected chi connectivity index (χ0v) is 18.5. The smallest absolute Gasteiger partial charge is 0.317 e. The number of carbonyl (C=O) groups is 1. The molecule has 2 nitrogen and oxygen atoms in total. The fourth-order valence-corrected chi connectivity index (χ4v) is 3.79. The molecule has 0 N–H and O–H groups in total. The summed E-state index contributed by atoms with van der Waals surface area (Å²) >= 11 is 0. The van der Waals surface area contributed by atoms with Crippen molar-refractivity contribution in [3.05, 3.63) is 29.3 Å². The molecular weight excluding hydrogens is 332 g/mol. The van der Waals surface area contributed by atoms with Crippen molar-refractivity contribution in [3.63, 3.8) is 0 Å². The quantitative estimate of drug-likeness (QED) is 0.188. The van der Waals surface area contributed by atoms with Gasteiger partial charge in [0.2, 0.25) is 0 Å². The number of ether oxygens (including phenoxy) is 1. The lowest BCUT2D eigenvalue weighted by molar-refractivity contribution is -0.146. The summed E-state index contributed by atoms with van der Waals surface area (Å²) in [6.07, 6.45) is 14.2. The molecule has 0 amide bonds. The number of carbonyl (C=O) groups excluding carboxylic acids is 1. The molecule has 0 saturated heterocycles. The van der Waals surface area contributed by atoms with E-state index in [1.807, 2.05) is 26.0 Å². The van der Waals surface area contributed by atoms with Crippen LogP contribution in [0.2, 0.25) is 0 Å². The number of aryl methyl sites for hydroxylation is 2. The molecule has 0 heterocycles. The molecule has 27 heavy (non-hydrogen) atoms. The lowest BCUT2D eigenvalue weighted by atomic mass is 9.79. The third-order valence-electron chi connectivity index (χ3n) is 5.56. The lowest BCUT2D eigenvalue weighted by Crippen LogP contribution is -2.32. The molecule has 1 unspecified atom stereocenters. The molecule has 154 valence electrons. The highest BCUT2D eigenvalue weighted by Gasteiger charge is 2.34. The van der Waals surface area contributed by atoms with Gasteiger partial charge in [-0.3, -0.25) is 4.79 Å². The number of hydrogen-bond donors (Lipinski definition) is 0. The van der Waals surface area contributed by atoms with E-state index in [1.54, 1.807) is 0 Å². The van der Waals surface area contributed by atoms with Gasteiger partial charge in [0, 0.05) is 0 Å². The molecule has 0 aliphatic heterocycles. The molecule has 1 aromatic rings. The predicted molar refractivity (Wildman–Crippen MR) is 116 cm³/mol. The van der Waals surface area contributed by atoms with Crippen LogP contribution in [0.3, 0.4) is 0 Å². The molecule has 1 aromatic carbocycles. The molecule has 0 saturated carbocycles. The molecule has 1 rings (SSSR count). The Morgan fingerprint density at radius 2 is 1.22 bits per heavy atom. The molecule has 0 spiro atoms. The number of esters is 1. The summed E-state index contributed by atoms with van der Waals surface area (Å²) in [5, 5.41) is 0. The average molecular weight is 375 g/mol. The Labute approximate surface area is 168 Å². The van der Waals surface area contributed by atoms with Crippen LogP contribution in [0, 0.1) is 19.3 Å². The first-order valence-electron chi connectivity index (χ1n) is 11.2. The second-order valence-electron chi connectivity index (χ2n) is 8.60. The van der Waals surface area contributed by atoms with Crippen LogP contribution in [0.4, 0.5) is 0 Å². The Balaban J connectivity index is 2.67. The molecule has 0 radical (unpaired) electrons. The van der Waals surface area contributed by atoms with Crippen molar-refractivity contribution in [2.75, 3.05) is 0 Å². The molecular formula is C25H42O2. The molecule has 0 aliphatic rings. The largest absolute Gasteiger partial charge is 0.426 e. The van der Waals surface area contributed by atoms with Crippen LogP contribution in [-0.2, 0) is 4.79 Å². The van der Waals surface area contributed by atoms with Crippen LogP contribution >= 0.6 is 0 Å². The Hall–Kier alpha value is -1.31. The van der Waals surface area contributed by atoms with Crippen LogP contribution in [0.25, 0.3) is 0 Å². The van der Waals surface area contributed by atoms with Gasteiger partial charge in [-0.2, -0.15) is 0 Å². The zero-order valence-electron chi connectivity index (χ0n) is 18.5. The van der Waals surface area contributed by atoms with Gasteiger partial charge in [0.25, 0.3) is 0 Å². The van der Waals surface area contributed by atoms with Crippen molar-refractivity contribution in [1.82, 2.24) is 0 Å². The van der Waals surface area contributed by atoms with Crippen molar-refractivity contribution in [2.24, 2.45) is 5.41 Å². The summed E-state index contributed by atoms with van der Waals surface area (Å²) in [7, 11) is 0. The fraction of sp³-hybridized carbons (Fsp3) is 0.720. The Morgan fingerprint density at radius 1 is 0.778 bits per heavy atom. The summed E-state index contributed by atoms with van der Waals surface area (Å²) < 4.78 is 5.85. The molecule has 1 atom stereocenters. The van der Waals surface area contributed by atoms with Crippen molar-refractivity contribution in [1.29, 1.82) is 0 Å². The van der Waals surface area contributed by atoms with Gasteiger partial charge in [-0.15, -0.1) is 0 Å². The van der Waals surface area contributed by atoms with E-state index in [9.17, 15) is 4.79 Å². The average Bonchev–Trinajstić information content (AvgIpc) is 2.61. The topological polar surface area (TPSA) is 26.3 Å². The maximum atomic E-state index is 13.1. The standard InChI is InChI=1S/C25H42O2/c1-6-8-10-12-13-15-17-25(5,16-14-11-9-7-2)24(26)27-23-19-21(3)18-22(4)20-23/h18-20H,6-17H2,1-5H3. The van der Waals surface area contributed by atoms with Crippen LogP contribution < -0.4 is 4.74 Å². The summed E-state index contributed by atoms with van der Waals surface area (Å²) in [4.78, 5) is 13.1. The molecule has 0 aliphatic carbocycles. The zero-order chi connectivity index (χ0) is 20.1. The van der Waals surface area contributed by atoms with Crippen LogP contribution in [0.15, 0.2) is 18.2 Å². The molecule has 2 heteroatoms. The summed E-state index contributed by atoms with van der Waals surface area (Å²) in [5.41, 5.74) is 1.91. The van der Waals surface area contributed by atoms with Crippen LogP contribution in [0.1, 0.15) is 109 Å². The first-order valence-corrected chi connectivity index (χ1v) is 11.2. The number of unbranched alkanes of at least 4 members (excludes halogenated alkanes) is 8. The normalized spacial score (nSPS) is 13.4. The Bertz CT molecular complexity index is 529. The van der Waals surface area contributed by atoms with E-state index in [0.29, 0.717) is 5.75 Å². The summed E-state index contributed by atoms with van der Waals surface area (Å²) in [6, 6.07) is 6.04. The molecule has 0 fully saturated rings. The van der Waals surface area contributed by atoms with E-state index >= 15 is 0 Å². The predicted octanol–water partition coefficient (Wildman–Crippen LogP) is 7.94.